The van der Waals surface area contributed by atoms with E-state index in [1.165, 1.54) is 22.7 Å². The molecule has 0 radical (unpaired) electrons. The molecular weight excluding hydrogens is 234 g/mol. The zero-order valence-corrected chi connectivity index (χ0v) is 10.4. The van der Waals surface area contributed by atoms with Crippen molar-refractivity contribution in [2.24, 2.45) is 0 Å². The highest BCUT2D eigenvalue weighted by atomic mass is 32.1. The van der Waals surface area contributed by atoms with Crippen LogP contribution in [0.25, 0.3) is 5.57 Å². The van der Waals surface area contributed by atoms with Crippen molar-refractivity contribution in [3.05, 3.63) is 35.9 Å². The summed E-state index contributed by atoms with van der Waals surface area (Å²) in [6.07, 6.45) is 6.01. The minimum Gasteiger partial charge on any atom is -0.293 e. The molecule has 0 aromatic carbocycles. The Morgan fingerprint density at radius 3 is 3.35 bits per heavy atom. The number of fused-ring (bicyclic) bond motifs is 2. The van der Waals surface area contributed by atoms with Gasteiger partial charge in [-0.3, -0.25) is 9.74 Å². The van der Waals surface area contributed by atoms with Crippen LogP contribution < -0.4 is 0 Å². The Hall–Kier alpha value is -1.01. The smallest absolute Gasteiger partial charge is 0.0864 e. The van der Waals surface area contributed by atoms with E-state index in [2.05, 4.69) is 32.4 Å². The fourth-order valence-corrected chi connectivity index (χ4v) is 2.92. The lowest BCUT2D eigenvalue weighted by atomic mass is 9.99. The van der Waals surface area contributed by atoms with Gasteiger partial charge in [0, 0.05) is 30.2 Å². The summed E-state index contributed by atoms with van der Waals surface area (Å²) < 4.78 is 4.18. The number of hydrogen-bond acceptors (Lipinski definition) is 5. The maximum Gasteiger partial charge on any atom is 0.0864 e. The Kier molecular flexibility index (Phi) is 3.07. The lowest BCUT2D eigenvalue weighted by molar-refractivity contribution is -0.151. The molecule has 0 saturated carbocycles. The molecular formula is C12H15N3OS. The van der Waals surface area contributed by atoms with E-state index in [1.807, 2.05) is 6.20 Å². The molecule has 2 atom stereocenters. The normalized spacial score (nSPS) is 28.1. The van der Waals surface area contributed by atoms with Crippen molar-refractivity contribution < 1.29 is 4.84 Å². The largest absolute Gasteiger partial charge is 0.293 e. The fraction of sp³-hybridized carbons (Fsp3) is 0.417. The van der Waals surface area contributed by atoms with Crippen LogP contribution in [0.3, 0.4) is 0 Å². The molecule has 1 aromatic heterocycles. The van der Waals surface area contributed by atoms with Crippen molar-refractivity contribution in [1.29, 1.82) is 0 Å². The van der Waals surface area contributed by atoms with Crippen molar-refractivity contribution in [3.8, 4) is 0 Å². The second kappa shape index (κ2) is 4.70. The van der Waals surface area contributed by atoms with Gasteiger partial charge in [0.25, 0.3) is 0 Å². The van der Waals surface area contributed by atoms with Gasteiger partial charge in [-0.05, 0) is 17.1 Å². The lowest BCUT2D eigenvalue weighted by Gasteiger charge is -2.24. The number of nitrogens with zero attached hydrogens (tertiary/aromatic N) is 3. The summed E-state index contributed by atoms with van der Waals surface area (Å²) in [5, 5.41) is 4.16. The number of hydrogen-bond donors (Lipinski definition) is 0. The molecule has 2 aliphatic heterocycles. The zero-order valence-electron chi connectivity index (χ0n) is 9.58. The molecule has 1 aromatic rings. The van der Waals surface area contributed by atoms with Crippen molar-refractivity contribution in [2.45, 2.75) is 6.04 Å². The predicted molar refractivity (Wildman–Crippen MR) is 68.3 cm³/mol. The third kappa shape index (κ3) is 2.07. The molecule has 3 heterocycles. The first-order chi connectivity index (χ1) is 8.38. The van der Waals surface area contributed by atoms with Crippen molar-refractivity contribution in [1.82, 2.24) is 14.3 Å². The van der Waals surface area contributed by atoms with E-state index in [1.54, 1.807) is 6.08 Å². The van der Waals surface area contributed by atoms with Crippen LogP contribution in [0.1, 0.15) is 5.56 Å². The molecule has 0 amide bonds. The summed E-state index contributed by atoms with van der Waals surface area (Å²) in [4.78, 5) is 8.08. The summed E-state index contributed by atoms with van der Waals surface area (Å²) in [7, 11) is 0. The van der Waals surface area contributed by atoms with Crippen molar-refractivity contribution in [3.63, 3.8) is 0 Å². The summed E-state index contributed by atoms with van der Waals surface area (Å²) in [6.45, 7) is 7.16. The standard InChI is InChI=1S/C12H15N3OS/c1-2-5-16-15-9-14-4-3-11(12(15)7-14)10-6-13-17-8-10/h2-3,6,8,12H,1,4-5,7,9H2. The van der Waals surface area contributed by atoms with Gasteiger partial charge in [-0.15, -0.1) is 6.58 Å². The van der Waals surface area contributed by atoms with Gasteiger partial charge in [-0.2, -0.15) is 5.06 Å². The molecule has 1 saturated heterocycles. The van der Waals surface area contributed by atoms with E-state index in [0.29, 0.717) is 12.6 Å². The van der Waals surface area contributed by atoms with Crippen LogP contribution in [0.2, 0.25) is 0 Å². The molecule has 0 spiro atoms. The van der Waals surface area contributed by atoms with Gasteiger partial charge in [0.15, 0.2) is 0 Å². The minimum absolute atomic E-state index is 0.333. The lowest BCUT2D eigenvalue weighted by Crippen LogP contribution is -2.32. The van der Waals surface area contributed by atoms with Gasteiger partial charge in [-0.25, -0.2) is 4.37 Å². The molecule has 2 aliphatic rings. The topological polar surface area (TPSA) is 28.6 Å². The van der Waals surface area contributed by atoms with Crippen LogP contribution in [0.5, 0.6) is 0 Å². The van der Waals surface area contributed by atoms with E-state index in [4.69, 9.17) is 4.84 Å². The number of aromatic nitrogens is 1. The molecule has 2 bridgehead atoms. The minimum atomic E-state index is 0.333. The number of rotatable bonds is 4. The average Bonchev–Trinajstić information content (AvgIpc) is 2.97. The van der Waals surface area contributed by atoms with Crippen molar-refractivity contribution >= 4 is 17.1 Å². The van der Waals surface area contributed by atoms with Gasteiger partial charge in [-0.1, -0.05) is 12.2 Å². The fourth-order valence-electron chi connectivity index (χ4n) is 2.38. The summed E-state index contributed by atoms with van der Waals surface area (Å²) in [5.74, 6) is 0. The van der Waals surface area contributed by atoms with Gasteiger partial charge in [0.05, 0.1) is 19.3 Å². The molecule has 1 fully saturated rings. The molecule has 0 aliphatic carbocycles. The van der Waals surface area contributed by atoms with E-state index >= 15 is 0 Å². The molecule has 90 valence electrons. The molecule has 5 heteroatoms. The van der Waals surface area contributed by atoms with Crippen LogP contribution >= 0.6 is 11.5 Å². The van der Waals surface area contributed by atoms with E-state index < -0.39 is 0 Å². The van der Waals surface area contributed by atoms with E-state index in [0.717, 1.165) is 19.8 Å². The van der Waals surface area contributed by atoms with Gasteiger partial charge in [0.2, 0.25) is 0 Å². The van der Waals surface area contributed by atoms with Crippen LogP contribution in [0, 0.1) is 0 Å². The summed E-state index contributed by atoms with van der Waals surface area (Å²) in [5.41, 5.74) is 2.57. The Morgan fingerprint density at radius 1 is 1.65 bits per heavy atom. The number of hydroxylamine groups is 2. The molecule has 17 heavy (non-hydrogen) atoms. The predicted octanol–water partition coefficient (Wildman–Crippen LogP) is 1.60. The first-order valence-electron chi connectivity index (χ1n) is 5.71. The van der Waals surface area contributed by atoms with Gasteiger partial charge < -0.3 is 0 Å². The van der Waals surface area contributed by atoms with Gasteiger partial charge in [0.1, 0.15) is 0 Å². The summed E-state index contributed by atoms with van der Waals surface area (Å²) in [6, 6.07) is 0.333. The van der Waals surface area contributed by atoms with Crippen LogP contribution in [0.15, 0.2) is 30.3 Å². The highest BCUT2D eigenvalue weighted by Crippen LogP contribution is 2.31. The monoisotopic (exact) mass is 249 g/mol. The van der Waals surface area contributed by atoms with E-state index in [9.17, 15) is 0 Å². The zero-order chi connectivity index (χ0) is 11.7. The second-order valence-electron chi connectivity index (χ2n) is 4.27. The van der Waals surface area contributed by atoms with Gasteiger partial charge >= 0.3 is 0 Å². The van der Waals surface area contributed by atoms with E-state index in [-0.39, 0.29) is 0 Å². The van der Waals surface area contributed by atoms with Crippen molar-refractivity contribution in [2.75, 3.05) is 26.4 Å². The molecule has 4 nitrogen and oxygen atoms in total. The maximum absolute atomic E-state index is 5.71. The molecule has 0 N–H and O–H groups in total. The summed E-state index contributed by atoms with van der Waals surface area (Å²) >= 11 is 1.50. The van der Waals surface area contributed by atoms with Crippen LogP contribution in [0.4, 0.5) is 0 Å². The van der Waals surface area contributed by atoms with Crippen LogP contribution in [-0.4, -0.2) is 46.7 Å². The average molecular weight is 249 g/mol. The van der Waals surface area contributed by atoms with Crippen LogP contribution in [-0.2, 0) is 4.84 Å². The second-order valence-corrected chi connectivity index (χ2v) is 4.92. The Labute approximate surface area is 105 Å². The first-order valence-corrected chi connectivity index (χ1v) is 6.55. The SMILES string of the molecule is C=CCON1CN2CC=C(c3cnsc3)C1C2. The Morgan fingerprint density at radius 2 is 2.59 bits per heavy atom. The highest BCUT2D eigenvalue weighted by molar-refractivity contribution is 7.03. The third-order valence-corrected chi connectivity index (χ3v) is 3.76. The molecule has 2 unspecified atom stereocenters. The quantitative estimate of drug-likeness (QED) is 0.758. The Balaban J connectivity index is 1.81. The molecule has 3 rings (SSSR count). The Bertz CT molecular complexity index is 429. The first kappa shape index (κ1) is 11.1. The third-order valence-electron chi connectivity index (χ3n) is 3.17. The highest BCUT2D eigenvalue weighted by Gasteiger charge is 2.36. The maximum atomic E-state index is 5.71.